The summed E-state index contributed by atoms with van der Waals surface area (Å²) in [6, 6.07) is 7.31. The molecule has 1 heterocycles. The minimum absolute atomic E-state index is 0.0476. The highest BCUT2D eigenvalue weighted by Crippen LogP contribution is 2.30. The van der Waals surface area contributed by atoms with Gasteiger partial charge in [0.1, 0.15) is 12.4 Å². The first-order valence-electron chi connectivity index (χ1n) is 8.07. The number of benzene rings is 1. The lowest BCUT2D eigenvalue weighted by Gasteiger charge is -2.32. The lowest BCUT2D eigenvalue weighted by atomic mass is 10.0. The third-order valence-electron chi connectivity index (χ3n) is 4.02. The number of esters is 2. The van der Waals surface area contributed by atoms with E-state index in [1.165, 1.54) is 14.2 Å². The maximum absolute atomic E-state index is 12.4. The van der Waals surface area contributed by atoms with E-state index in [0.717, 1.165) is 5.56 Å². The average Bonchev–Trinajstić information content (AvgIpc) is 2.70. The number of para-hydroxylation sites is 1. The van der Waals surface area contributed by atoms with Gasteiger partial charge in [0.2, 0.25) is 5.91 Å². The first-order chi connectivity index (χ1) is 12.5. The molecule has 140 valence electrons. The van der Waals surface area contributed by atoms with E-state index in [9.17, 15) is 14.4 Å². The average molecular weight is 362 g/mol. The summed E-state index contributed by atoms with van der Waals surface area (Å²) in [4.78, 5) is 37.6. The van der Waals surface area contributed by atoms with E-state index in [1.807, 2.05) is 12.1 Å². The van der Waals surface area contributed by atoms with Crippen LogP contribution in [0.15, 0.2) is 35.5 Å². The number of carbonyl (C=O) groups excluding carboxylic acids is 3. The van der Waals surface area contributed by atoms with E-state index >= 15 is 0 Å². The fraction of sp³-hybridized carbons (Fsp3) is 0.389. The highest BCUT2D eigenvalue weighted by atomic mass is 16.5. The van der Waals surface area contributed by atoms with E-state index in [-0.39, 0.29) is 30.5 Å². The molecule has 0 spiro atoms. The van der Waals surface area contributed by atoms with Gasteiger partial charge in [0.05, 0.1) is 26.4 Å². The van der Waals surface area contributed by atoms with Gasteiger partial charge in [-0.2, -0.15) is 0 Å². The minimum atomic E-state index is -0.658. The van der Waals surface area contributed by atoms with Gasteiger partial charge in [-0.15, -0.1) is 0 Å². The summed E-state index contributed by atoms with van der Waals surface area (Å²) in [5.41, 5.74) is 1.68. The van der Waals surface area contributed by atoms with Crippen LogP contribution in [0.3, 0.4) is 0 Å². The molecule has 0 aliphatic carbocycles. The SMILES string of the molecule is CNC(=O)CCc1ccccc1N1COCC(C(=O)OC)=C1C(=O)OC. The minimum Gasteiger partial charge on any atom is -0.466 e. The molecule has 1 aromatic rings. The van der Waals surface area contributed by atoms with Gasteiger partial charge >= 0.3 is 11.9 Å². The molecule has 1 N–H and O–H groups in total. The molecule has 1 amide bonds. The molecular weight excluding hydrogens is 340 g/mol. The summed E-state index contributed by atoms with van der Waals surface area (Å²) in [6.07, 6.45) is 0.762. The van der Waals surface area contributed by atoms with Gasteiger partial charge in [0.15, 0.2) is 0 Å². The normalized spacial score (nSPS) is 14.0. The smallest absolute Gasteiger partial charge is 0.355 e. The van der Waals surface area contributed by atoms with Gasteiger partial charge in [-0.05, 0) is 18.1 Å². The molecule has 0 atom stereocenters. The third kappa shape index (κ3) is 4.20. The predicted octanol–water partition coefficient (Wildman–Crippen LogP) is 0.759. The number of hydrogen-bond donors (Lipinski definition) is 1. The van der Waals surface area contributed by atoms with Gasteiger partial charge < -0.3 is 24.4 Å². The maximum atomic E-state index is 12.4. The van der Waals surface area contributed by atoms with E-state index in [4.69, 9.17) is 14.2 Å². The molecule has 0 aromatic heterocycles. The number of nitrogens with one attached hydrogen (secondary N) is 1. The summed E-state index contributed by atoms with van der Waals surface area (Å²) in [7, 11) is 4.06. The molecule has 8 nitrogen and oxygen atoms in total. The summed E-state index contributed by atoms with van der Waals surface area (Å²) >= 11 is 0. The molecule has 0 saturated heterocycles. The Labute approximate surface area is 151 Å². The van der Waals surface area contributed by atoms with Gasteiger partial charge in [0, 0.05) is 19.2 Å². The van der Waals surface area contributed by atoms with E-state index in [0.29, 0.717) is 18.5 Å². The second kappa shape index (κ2) is 9.00. The molecule has 1 aromatic carbocycles. The molecule has 0 radical (unpaired) electrons. The molecular formula is C18H22N2O6. The summed E-state index contributed by atoms with van der Waals surface area (Å²) < 4.78 is 15.1. The molecule has 0 saturated carbocycles. The maximum Gasteiger partial charge on any atom is 0.355 e. The van der Waals surface area contributed by atoms with Crippen LogP contribution in [0.4, 0.5) is 5.69 Å². The van der Waals surface area contributed by atoms with Gasteiger partial charge in [-0.1, -0.05) is 18.2 Å². The van der Waals surface area contributed by atoms with Crippen molar-refractivity contribution in [2.24, 2.45) is 0 Å². The van der Waals surface area contributed by atoms with Gasteiger partial charge in [-0.25, -0.2) is 9.59 Å². The Bertz CT molecular complexity index is 728. The number of methoxy groups -OCH3 is 2. The van der Waals surface area contributed by atoms with E-state index in [1.54, 1.807) is 24.1 Å². The monoisotopic (exact) mass is 362 g/mol. The molecule has 8 heteroatoms. The van der Waals surface area contributed by atoms with Crippen LogP contribution in [-0.2, 0) is 35.0 Å². The molecule has 0 fully saturated rings. The molecule has 0 unspecified atom stereocenters. The molecule has 26 heavy (non-hydrogen) atoms. The lowest BCUT2D eigenvalue weighted by Crippen LogP contribution is -2.39. The van der Waals surface area contributed by atoms with Crippen molar-refractivity contribution in [3.8, 4) is 0 Å². The van der Waals surface area contributed by atoms with Crippen molar-refractivity contribution in [3.63, 3.8) is 0 Å². The van der Waals surface area contributed by atoms with Crippen molar-refractivity contribution in [1.29, 1.82) is 0 Å². The number of rotatable bonds is 6. The van der Waals surface area contributed by atoms with Gasteiger partial charge in [-0.3, -0.25) is 4.79 Å². The van der Waals surface area contributed by atoms with Gasteiger partial charge in [0.25, 0.3) is 0 Å². The zero-order chi connectivity index (χ0) is 19.1. The van der Waals surface area contributed by atoms with Crippen molar-refractivity contribution in [3.05, 3.63) is 41.1 Å². The first-order valence-corrected chi connectivity index (χ1v) is 8.07. The topological polar surface area (TPSA) is 94.2 Å². The van der Waals surface area contributed by atoms with Crippen molar-refractivity contribution >= 4 is 23.5 Å². The van der Waals surface area contributed by atoms with Crippen LogP contribution in [0.25, 0.3) is 0 Å². The number of ether oxygens (including phenoxy) is 3. The first kappa shape index (κ1) is 19.5. The van der Waals surface area contributed by atoms with Crippen LogP contribution in [0.5, 0.6) is 0 Å². The van der Waals surface area contributed by atoms with Crippen molar-refractivity contribution in [2.45, 2.75) is 12.8 Å². The number of amides is 1. The Balaban J connectivity index is 2.47. The number of nitrogens with zero attached hydrogens (tertiary/aromatic N) is 1. The Morgan fingerprint density at radius 2 is 1.85 bits per heavy atom. The van der Waals surface area contributed by atoms with Crippen LogP contribution in [-0.4, -0.2) is 52.5 Å². The molecule has 0 bridgehead atoms. The van der Waals surface area contributed by atoms with Crippen molar-refractivity contribution in [1.82, 2.24) is 5.32 Å². The highest BCUT2D eigenvalue weighted by Gasteiger charge is 2.33. The van der Waals surface area contributed by atoms with Crippen LogP contribution >= 0.6 is 0 Å². The summed E-state index contributed by atoms with van der Waals surface area (Å²) in [6.45, 7) is 0.0237. The van der Waals surface area contributed by atoms with Crippen LogP contribution in [0, 0.1) is 0 Å². The summed E-state index contributed by atoms with van der Waals surface area (Å²) in [5.74, 6) is -1.40. The van der Waals surface area contributed by atoms with Crippen LogP contribution < -0.4 is 10.2 Å². The fourth-order valence-electron chi connectivity index (χ4n) is 2.69. The zero-order valence-corrected chi connectivity index (χ0v) is 15.0. The second-order valence-electron chi connectivity index (χ2n) is 5.52. The molecule has 1 aliphatic rings. The van der Waals surface area contributed by atoms with Crippen LogP contribution in [0.2, 0.25) is 0 Å². The lowest BCUT2D eigenvalue weighted by molar-refractivity contribution is -0.140. The largest absolute Gasteiger partial charge is 0.466 e. The number of hydrogen-bond acceptors (Lipinski definition) is 7. The fourth-order valence-corrected chi connectivity index (χ4v) is 2.69. The quantitative estimate of drug-likeness (QED) is 0.747. The predicted molar refractivity (Wildman–Crippen MR) is 93.2 cm³/mol. The molecule has 1 aliphatic heterocycles. The standard InChI is InChI=1S/C18H22N2O6/c1-19-15(21)9-8-12-6-4-5-7-14(12)20-11-26-10-13(17(22)24-2)16(20)18(23)25-3/h4-7H,8-11H2,1-3H3,(H,19,21). The van der Waals surface area contributed by atoms with Crippen molar-refractivity contribution in [2.75, 3.05) is 39.5 Å². The second-order valence-corrected chi connectivity index (χ2v) is 5.52. The Morgan fingerprint density at radius 1 is 1.15 bits per heavy atom. The zero-order valence-electron chi connectivity index (χ0n) is 15.0. The molecule has 2 rings (SSSR count). The van der Waals surface area contributed by atoms with E-state index in [2.05, 4.69) is 5.32 Å². The summed E-state index contributed by atoms with van der Waals surface area (Å²) in [5, 5.41) is 2.58. The van der Waals surface area contributed by atoms with Crippen LogP contribution in [0.1, 0.15) is 12.0 Å². The highest BCUT2D eigenvalue weighted by molar-refractivity contribution is 6.03. The number of carbonyl (C=O) groups is 3. The Morgan fingerprint density at radius 3 is 2.50 bits per heavy atom. The number of aryl methyl sites for hydroxylation is 1. The number of anilines is 1. The Hall–Kier alpha value is -2.87. The third-order valence-corrected chi connectivity index (χ3v) is 4.02. The van der Waals surface area contributed by atoms with Crippen molar-refractivity contribution < 1.29 is 28.6 Å². The van der Waals surface area contributed by atoms with E-state index < -0.39 is 11.9 Å². The Kier molecular flexibility index (Phi) is 6.74.